The van der Waals surface area contributed by atoms with Crippen molar-refractivity contribution >= 4 is 28.4 Å². The molecular weight excluding hydrogens is 506 g/mol. The normalized spacial score (nSPS) is 19.1. The van der Waals surface area contributed by atoms with E-state index in [4.69, 9.17) is 4.74 Å². The van der Waals surface area contributed by atoms with E-state index in [0.29, 0.717) is 35.1 Å². The highest BCUT2D eigenvalue weighted by Crippen LogP contribution is 2.25. The third kappa shape index (κ3) is 6.42. The summed E-state index contributed by atoms with van der Waals surface area (Å²) in [4.78, 5) is 44.9. The van der Waals surface area contributed by atoms with Gasteiger partial charge in [-0.05, 0) is 70.2 Å². The van der Waals surface area contributed by atoms with Crippen LogP contribution in [0, 0.1) is 6.92 Å². The van der Waals surface area contributed by atoms with Crippen LogP contribution in [0.3, 0.4) is 0 Å². The first kappa shape index (κ1) is 28.0. The van der Waals surface area contributed by atoms with Crippen LogP contribution in [-0.4, -0.2) is 51.1 Å². The van der Waals surface area contributed by atoms with Gasteiger partial charge in [-0.1, -0.05) is 30.3 Å². The molecule has 0 spiro atoms. The quantitative estimate of drug-likeness (QED) is 0.431. The summed E-state index contributed by atoms with van der Waals surface area (Å²) in [5.74, 6) is -0.328. The van der Waals surface area contributed by atoms with Crippen LogP contribution in [0.5, 0.6) is 0 Å². The van der Waals surface area contributed by atoms with E-state index in [1.54, 1.807) is 13.0 Å². The van der Waals surface area contributed by atoms with Crippen LogP contribution in [0.1, 0.15) is 69.4 Å². The van der Waals surface area contributed by atoms with Crippen LogP contribution in [0.25, 0.3) is 10.9 Å². The fraction of sp³-hybridized carbons (Fsp3) is 0.484. The third-order valence-electron chi connectivity index (χ3n) is 7.59. The molecule has 9 heteroatoms. The van der Waals surface area contributed by atoms with E-state index in [2.05, 4.69) is 65.6 Å². The van der Waals surface area contributed by atoms with Crippen molar-refractivity contribution in [3.63, 3.8) is 0 Å². The fourth-order valence-corrected chi connectivity index (χ4v) is 5.70. The molecule has 0 radical (unpaired) electrons. The topological polar surface area (TPSA) is 106 Å². The average Bonchev–Trinajstić information content (AvgIpc) is 2.89. The zero-order valence-electron chi connectivity index (χ0n) is 23.8. The van der Waals surface area contributed by atoms with Crippen molar-refractivity contribution in [3.05, 3.63) is 69.8 Å². The Morgan fingerprint density at radius 3 is 2.38 bits per heavy atom. The summed E-state index contributed by atoms with van der Waals surface area (Å²) in [6.07, 6.45) is 2.93. The summed E-state index contributed by atoms with van der Waals surface area (Å²) in [5, 5.41) is 6.18. The number of anilines is 1. The second-order valence-electron chi connectivity index (χ2n) is 11.9. The lowest BCUT2D eigenvalue weighted by Gasteiger charge is -2.35. The Morgan fingerprint density at radius 2 is 1.70 bits per heavy atom. The number of nitrogens with one attached hydrogen (secondary N) is 2. The minimum Gasteiger partial charge on any atom is -0.380 e. The first-order valence-corrected chi connectivity index (χ1v) is 14.1. The molecule has 1 unspecified atom stereocenters. The maximum absolute atomic E-state index is 13.6. The van der Waals surface area contributed by atoms with Gasteiger partial charge in [-0.2, -0.15) is 0 Å². The van der Waals surface area contributed by atoms with Gasteiger partial charge < -0.3 is 10.1 Å². The molecule has 2 aromatic carbocycles. The summed E-state index contributed by atoms with van der Waals surface area (Å²) >= 11 is 0. The molecule has 3 aromatic rings. The molecule has 1 aromatic heterocycles. The minimum absolute atomic E-state index is 0.0951. The number of rotatable bonds is 7. The summed E-state index contributed by atoms with van der Waals surface area (Å²) in [5.41, 5.74) is 3.23. The predicted molar refractivity (Wildman–Crippen MR) is 155 cm³/mol. The van der Waals surface area contributed by atoms with E-state index in [1.807, 2.05) is 12.1 Å². The maximum atomic E-state index is 13.6. The number of aromatic nitrogens is 2. The van der Waals surface area contributed by atoms with Crippen LogP contribution in [-0.2, 0) is 27.4 Å². The number of hydrogen-bond donors (Lipinski definition) is 2. The number of hydrogen-bond acceptors (Lipinski definition) is 7. The number of fused-ring (bicyclic) bond motifs is 1. The van der Waals surface area contributed by atoms with Gasteiger partial charge in [0.25, 0.3) is 5.56 Å². The van der Waals surface area contributed by atoms with Gasteiger partial charge >= 0.3 is 0 Å². The van der Waals surface area contributed by atoms with E-state index in [-0.39, 0.29) is 29.9 Å². The molecule has 2 amide bonds. The Balaban J connectivity index is 1.25. The number of carbonyl (C=O) groups is 2. The zero-order chi connectivity index (χ0) is 28.4. The van der Waals surface area contributed by atoms with E-state index in [9.17, 15) is 14.4 Å². The molecule has 0 aliphatic carbocycles. The molecule has 2 aliphatic heterocycles. The van der Waals surface area contributed by atoms with Crippen LogP contribution in [0.2, 0.25) is 0 Å². The van der Waals surface area contributed by atoms with Crippen molar-refractivity contribution in [3.8, 4) is 0 Å². The van der Waals surface area contributed by atoms with Crippen molar-refractivity contribution in [2.24, 2.45) is 0 Å². The van der Waals surface area contributed by atoms with Gasteiger partial charge in [-0.3, -0.25) is 29.2 Å². The van der Waals surface area contributed by atoms with Gasteiger partial charge in [0.05, 0.1) is 22.6 Å². The lowest BCUT2D eigenvalue weighted by atomic mass is 10.0. The van der Waals surface area contributed by atoms with Crippen molar-refractivity contribution in [1.82, 2.24) is 19.8 Å². The Bertz CT molecular complexity index is 1450. The van der Waals surface area contributed by atoms with Crippen molar-refractivity contribution in [2.45, 2.75) is 84.2 Å². The summed E-state index contributed by atoms with van der Waals surface area (Å²) in [6, 6.07) is 13.3. The van der Waals surface area contributed by atoms with Crippen LogP contribution in [0.15, 0.2) is 47.3 Å². The summed E-state index contributed by atoms with van der Waals surface area (Å²) < 4.78 is 7.57. The second-order valence-corrected chi connectivity index (χ2v) is 11.9. The molecule has 0 saturated carbocycles. The van der Waals surface area contributed by atoms with Gasteiger partial charge in [0.1, 0.15) is 11.9 Å². The molecule has 2 N–H and O–H groups in total. The minimum atomic E-state index is -0.750. The van der Waals surface area contributed by atoms with Crippen molar-refractivity contribution in [2.75, 3.05) is 18.4 Å². The number of amides is 2. The number of benzene rings is 2. The highest BCUT2D eigenvalue weighted by molar-refractivity contribution is 5.99. The number of carbonyl (C=O) groups excluding carboxylic acids is 2. The number of nitrogens with zero attached hydrogens (tertiary/aromatic N) is 3. The smallest absolute Gasteiger partial charge is 0.264 e. The largest absolute Gasteiger partial charge is 0.380 e. The van der Waals surface area contributed by atoms with E-state index < -0.39 is 11.9 Å². The molecule has 0 bridgehead atoms. The highest BCUT2D eigenvalue weighted by atomic mass is 16.5. The lowest BCUT2D eigenvalue weighted by Crippen LogP contribution is -2.45. The number of piperidine rings is 2. The number of ether oxygens (including phenoxy) is 1. The fourth-order valence-electron chi connectivity index (χ4n) is 5.70. The zero-order valence-corrected chi connectivity index (χ0v) is 23.8. The molecule has 2 saturated heterocycles. The van der Waals surface area contributed by atoms with Gasteiger partial charge in [0.15, 0.2) is 0 Å². The molecule has 1 atom stereocenters. The van der Waals surface area contributed by atoms with Crippen LogP contribution < -0.4 is 16.2 Å². The van der Waals surface area contributed by atoms with Crippen LogP contribution in [0.4, 0.5) is 5.69 Å². The predicted octanol–water partition coefficient (Wildman–Crippen LogP) is 4.07. The summed E-state index contributed by atoms with van der Waals surface area (Å²) in [6.45, 7) is 11.6. The van der Waals surface area contributed by atoms with Gasteiger partial charge in [0.2, 0.25) is 11.8 Å². The Labute approximate surface area is 234 Å². The highest BCUT2D eigenvalue weighted by Gasteiger charge is 2.31. The monoisotopic (exact) mass is 545 g/mol. The molecule has 2 aliphatic rings. The molecule has 40 heavy (non-hydrogen) atoms. The van der Waals surface area contributed by atoms with E-state index in [0.717, 1.165) is 38.0 Å². The van der Waals surface area contributed by atoms with Crippen molar-refractivity contribution in [1.29, 1.82) is 0 Å². The van der Waals surface area contributed by atoms with Crippen LogP contribution >= 0.6 is 0 Å². The molecule has 5 rings (SSSR count). The average molecular weight is 546 g/mol. The maximum Gasteiger partial charge on any atom is 0.264 e. The standard InChI is InChI=1S/C31H39N5O4/c1-20-33-25-7-5-6-24(28(25)30(39)36(20)26-12-13-27(37)34-29(26)38)32-18-21-8-10-22(11-9-21)19-35-16-14-23(15-17-35)40-31(2,3)4/h5-11,23,26,32H,12-19H2,1-4H3,(H,34,37,38). The molecule has 2 fully saturated rings. The number of aryl methyl sites for hydroxylation is 1. The van der Waals surface area contributed by atoms with E-state index in [1.165, 1.54) is 10.1 Å². The Hall–Kier alpha value is -3.56. The first-order valence-electron chi connectivity index (χ1n) is 14.1. The lowest BCUT2D eigenvalue weighted by molar-refractivity contribution is -0.135. The van der Waals surface area contributed by atoms with Gasteiger partial charge in [-0.15, -0.1) is 0 Å². The molecule has 9 nitrogen and oxygen atoms in total. The SMILES string of the molecule is Cc1nc2cccc(NCc3ccc(CN4CCC(OC(C)(C)C)CC4)cc3)c2c(=O)n1C1CCC(=O)NC1=O. The third-order valence-corrected chi connectivity index (χ3v) is 7.59. The van der Waals surface area contributed by atoms with Gasteiger partial charge in [-0.25, -0.2) is 4.98 Å². The summed E-state index contributed by atoms with van der Waals surface area (Å²) in [7, 11) is 0. The Kier molecular flexibility index (Phi) is 8.05. The van der Waals surface area contributed by atoms with Gasteiger partial charge in [0, 0.05) is 38.3 Å². The molecular formula is C31H39N5O4. The first-order chi connectivity index (χ1) is 19.1. The number of likely N-dealkylation sites (tertiary alicyclic amines) is 1. The second kappa shape index (κ2) is 11.5. The molecule has 3 heterocycles. The number of imide groups is 1. The van der Waals surface area contributed by atoms with E-state index >= 15 is 0 Å². The van der Waals surface area contributed by atoms with Crippen molar-refractivity contribution < 1.29 is 14.3 Å². The molecule has 212 valence electrons. The Morgan fingerprint density at radius 1 is 1.00 bits per heavy atom.